The number of nitriles is 1. The molecule has 18 heavy (non-hydrogen) atoms. The summed E-state index contributed by atoms with van der Waals surface area (Å²) in [6.07, 6.45) is 0. The molecule has 0 aliphatic heterocycles. The third kappa shape index (κ3) is 1.84. The second-order valence-electron chi connectivity index (χ2n) is 4.33. The molecule has 0 amide bonds. The first-order valence-electron chi connectivity index (χ1n) is 5.64. The van der Waals surface area contributed by atoms with Crippen LogP contribution in [-0.4, -0.2) is 26.2 Å². The van der Waals surface area contributed by atoms with Gasteiger partial charge in [-0.15, -0.1) is 0 Å². The highest BCUT2D eigenvalue weighted by Crippen LogP contribution is 2.33. The summed E-state index contributed by atoms with van der Waals surface area (Å²) in [7, 11) is 5.52. The molecular formula is C14H15N3O. The van der Waals surface area contributed by atoms with Gasteiger partial charge in [-0.05, 0) is 25.1 Å². The van der Waals surface area contributed by atoms with Crippen molar-refractivity contribution in [1.82, 2.24) is 4.98 Å². The van der Waals surface area contributed by atoms with Crippen LogP contribution in [0.15, 0.2) is 18.2 Å². The van der Waals surface area contributed by atoms with Gasteiger partial charge in [-0.25, -0.2) is 4.98 Å². The molecular weight excluding hydrogens is 226 g/mol. The number of benzene rings is 1. The molecule has 0 unspecified atom stereocenters. The van der Waals surface area contributed by atoms with Crippen LogP contribution in [0.25, 0.3) is 10.9 Å². The van der Waals surface area contributed by atoms with Gasteiger partial charge in [0.15, 0.2) is 0 Å². The van der Waals surface area contributed by atoms with Gasteiger partial charge in [0.25, 0.3) is 0 Å². The Morgan fingerprint density at radius 1 is 1.33 bits per heavy atom. The summed E-state index contributed by atoms with van der Waals surface area (Å²) in [4.78, 5) is 6.48. The highest BCUT2D eigenvalue weighted by atomic mass is 16.5. The molecule has 0 spiro atoms. The van der Waals surface area contributed by atoms with Crippen LogP contribution >= 0.6 is 0 Å². The second-order valence-corrected chi connectivity index (χ2v) is 4.33. The quantitative estimate of drug-likeness (QED) is 0.810. The fourth-order valence-electron chi connectivity index (χ4n) is 2.03. The first-order chi connectivity index (χ1) is 8.58. The van der Waals surface area contributed by atoms with E-state index in [2.05, 4.69) is 11.1 Å². The lowest BCUT2D eigenvalue weighted by molar-refractivity contribution is 0.419. The van der Waals surface area contributed by atoms with Crippen LogP contribution in [0.5, 0.6) is 5.75 Å². The molecule has 0 aliphatic rings. The summed E-state index contributed by atoms with van der Waals surface area (Å²) in [6, 6.07) is 7.74. The highest BCUT2D eigenvalue weighted by molar-refractivity contribution is 5.99. The largest absolute Gasteiger partial charge is 0.494 e. The molecule has 0 saturated heterocycles. The average Bonchev–Trinajstić information content (AvgIpc) is 2.36. The minimum absolute atomic E-state index is 0.613. The Bertz CT molecular complexity index is 642. The molecule has 1 aromatic carbocycles. The monoisotopic (exact) mass is 241 g/mol. The van der Waals surface area contributed by atoms with Crippen LogP contribution in [-0.2, 0) is 0 Å². The molecule has 1 heterocycles. The normalized spacial score (nSPS) is 10.2. The van der Waals surface area contributed by atoms with Gasteiger partial charge in [-0.2, -0.15) is 5.26 Å². The van der Waals surface area contributed by atoms with E-state index in [4.69, 9.17) is 4.74 Å². The number of nitrogens with zero attached hydrogens (tertiary/aromatic N) is 3. The van der Waals surface area contributed by atoms with Gasteiger partial charge in [0.05, 0.1) is 18.7 Å². The zero-order valence-corrected chi connectivity index (χ0v) is 11.0. The van der Waals surface area contributed by atoms with Crippen LogP contribution in [0.3, 0.4) is 0 Å². The summed E-state index contributed by atoms with van der Waals surface area (Å²) in [5.41, 5.74) is 3.23. The molecule has 0 aliphatic carbocycles. The van der Waals surface area contributed by atoms with Crippen molar-refractivity contribution in [3.8, 4) is 11.8 Å². The van der Waals surface area contributed by atoms with Crippen molar-refractivity contribution >= 4 is 16.6 Å². The number of fused-ring (bicyclic) bond motifs is 1. The third-order valence-corrected chi connectivity index (χ3v) is 2.85. The maximum atomic E-state index is 9.24. The second kappa shape index (κ2) is 4.53. The highest BCUT2D eigenvalue weighted by Gasteiger charge is 2.14. The van der Waals surface area contributed by atoms with Crippen molar-refractivity contribution in [2.75, 3.05) is 26.1 Å². The van der Waals surface area contributed by atoms with Crippen LogP contribution in [0, 0.1) is 18.3 Å². The van der Waals surface area contributed by atoms with Crippen LogP contribution in [0.1, 0.15) is 11.3 Å². The molecule has 0 saturated carbocycles. The Balaban J connectivity index is 2.97. The number of pyridine rings is 1. The molecule has 0 fully saturated rings. The van der Waals surface area contributed by atoms with Crippen LogP contribution in [0.4, 0.5) is 5.69 Å². The third-order valence-electron chi connectivity index (χ3n) is 2.85. The molecule has 1 aromatic heterocycles. The standard InChI is InChI=1S/C14H15N3O/c1-9-7-11(17(2)3)13-10(8-15)5-6-12(18-4)14(13)16-9/h5-7H,1-4H3. The zero-order valence-electron chi connectivity index (χ0n) is 11.0. The number of aryl methyl sites for hydroxylation is 1. The smallest absolute Gasteiger partial charge is 0.145 e. The number of hydrogen-bond acceptors (Lipinski definition) is 4. The lowest BCUT2D eigenvalue weighted by atomic mass is 10.1. The van der Waals surface area contributed by atoms with Crippen molar-refractivity contribution in [3.63, 3.8) is 0 Å². The van der Waals surface area contributed by atoms with Crippen LogP contribution < -0.4 is 9.64 Å². The van der Waals surface area contributed by atoms with E-state index < -0.39 is 0 Å². The molecule has 92 valence electrons. The van der Waals surface area contributed by atoms with E-state index in [-0.39, 0.29) is 0 Å². The van der Waals surface area contributed by atoms with Gasteiger partial charge >= 0.3 is 0 Å². The maximum Gasteiger partial charge on any atom is 0.145 e. The summed E-state index contributed by atoms with van der Waals surface area (Å²) >= 11 is 0. The van der Waals surface area contributed by atoms with E-state index in [0.717, 1.165) is 22.3 Å². The van der Waals surface area contributed by atoms with Gasteiger partial charge in [-0.3, -0.25) is 0 Å². The van der Waals surface area contributed by atoms with E-state index in [1.165, 1.54) is 0 Å². The van der Waals surface area contributed by atoms with E-state index >= 15 is 0 Å². The number of aromatic nitrogens is 1. The molecule has 4 nitrogen and oxygen atoms in total. The first-order valence-corrected chi connectivity index (χ1v) is 5.64. The summed E-state index contributed by atoms with van der Waals surface area (Å²) in [6.45, 7) is 1.94. The number of ether oxygens (including phenoxy) is 1. The van der Waals surface area contributed by atoms with Crippen molar-refractivity contribution < 1.29 is 4.74 Å². The first kappa shape index (κ1) is 12.2. The summed E-state index contributed by atoms with van der Waals surface area (Å²) in [5.74, 6) is 0.691. The van der Waals surface area contributed by atoms with E-state index in [9.17, 15) is 5.26 Å². The Morgan fingerprint density at radius 3 is 2.61 bits per heavy atom. The van der Waals surface area contributed by atoms with Gasteiger partial charge in [0.1, 0.15) is 11.3 Å². The van der Waals surface area contributed by atoms with E-state index in [1.54, 1.807) is 19.2 Å². The predicted octanol–water partition coefficient (Wildman–Crippen LogP) is 2.49. The van der Waals surface area contributed by atoms with E-state index in [0.29, 0.717) is 11.3 Å². The SMILES string of the molecule is COc1ccc(C#N)c2c(N(C)C)cc(C)nc12. The lowest BCUT2D eigenvalue weighted by Crippen LogP contribution is -2.10. The van der Waals surface area contributed by atoms with Gasteiger partial charge in [0, 0.05) is 30.9 Å². The fourth-order valence-corrected chi connectivity index (χ4v) is 2.03. The Labute approximate surface area is 106 Å². The topological polar surface area (TPSA) is 49.1 Å². The number of methoxy groups -OCH3 is 1. The number of rotatable bonds is 2. The Kier molecular flexibility index (Phi) is 3.07. The number of hydrogen-bond donors (Lipinski definition) is 0. The zero-order chi connectivity index (χ0) is 13.3. The Hall–Kier alpha value is -2.28. The summed E-state index contributed by atoms with van der Waals surface area (Å²) in [5, 5.41) is 10.1. The molecule has 2 aromatic rings. The van der Waals surface area contributed by atoms with Crippen molar-refractivity contribution in [2.45, 2.75) is 6.92 Å². The fraction of sp³-hybridized carbons (Fsp3) is 0.286. The molecule has 0 N–H and O–H groups in total. The van der Waals surface area contributed by atoms with Crippen molar-refractivity contribution in [1.29, 1.82) is 5.26 Å². The van der Waals surface area contributed by atoms with Gasteiger partial charge < -0.3 is 9.64 Å². The van der Waals surface area contributed by atoms with Crippen molar-refractivity contribution in [3.05, 3.63) is 29.5 Å². The van der Waals surface area contributed by atoms with Gasteiger partial charge in [-0.1, -0.05) is 0 Å². The summed E-state index contributed by atoms with van der Waals surface area (Å²) < 4.78 is 5.33. The minimum atomic E-state index is 0.613. The number of anilines is 1. The maximum absolute atomic E-state index is 9.24. The minimum Gasteiger partial charge on any atom is -0.494 e. The average molecular weight is 241 g/mol. The predicted molar refractivity (Wildman–Crippen MR) is 72.1 cm³/mol. The van der Waals surface area contributed by atoms with Gasteiger partial charge in [0.2, 0.25) is 0 Å². The van der Waals surface area contributed by atoms with Crippen LogP contribution in [0.2, 0.25) is 0 Å². The molecule has 4 heteroatoms. The Morgan fingerprint density at radius 2 is 2.06 bits per heavy atom. The molecule has 0 bridgehead atoms. The van der Waals surface area contributed by atoms with E-state index in [1.807, 2.05) is 32.0 Å². The molecule has 2 rings (SSSR count). The molecule has 0 radical (unpaired) electrons. The van der Waals surface area contributed by atoms with Crippen molar-refractivity contribution in [2.24, 2.45) is 0 Å². The lowest BCUT2D eigenvalue weighted by Gasteiger charge is -2.18. The molecule has 0 atom stereocenters.